The number of rotatable bonds is 1. The number of pyridine rings is 1. The lowest BCUT2D eigenvalue weighted by atomic mass is 10.1. The Balaban J connectivity index is 2.74. The van der Waals surface area contributed by atoms with E-state index in [0.29, 0.717) is 5.56 Å². The highest BCUT2D eigenvalue weighted by Gasteiger charge is 2.03. The van der Waals surface area contributed by atoms with Crippen molar-refractivity contribution in [1.82, 2.24) is 4.98 Å². The van der Waals surface area contributed by atoms with Crippen molar-refractivity contribution >= 4 is 17.0 Å². The first-order chi connectivity index (χ1) is 8.65. The van der Waals surface area contributed by atoms with Gasteiger partial charge in [-0.1, -0.05) is 18.2 Å². The summed E-state index contributed by atoms with van der Waals surface area (Å²) in [6, 6.07) is 10.8. The number of para-hydroxylation sites is 1. The zero-order valence-electron chi connectivity index (χ0n) is 9.69. The fourth-order valence-corrected chi connectivity index (χ4v) is 1.75. The third-order valence-electron chi connectivity index (χ3n) is 2.66. The van der Waals surface area contributed by atoms with E-state index in [9.17, 15) is 4.79 Å². The third kappa shape index (κ3) is 2.00. The lowest BCUT2D eigenvalue weighted by molar-refractivity contribution is 1.27. The van der Waals surface area contributed by atoms with Gasteiger partial charge in [0.2, 0.25) is 0 Å². The summed E-state index contributed by atoms with van der Waals surface area (Å²) in [5, 5.41) is 18.2. The molecule has 1 aromatic heterocycles. The third-order valence-corrected chi connectivity index (χ3v) is 2.66. The molecule has 1 aromatic carbocycles. The molecule has 0 spiro atoms. The quantitative estimate of drug-likeness (QED) is 0.770. The molecule has 0 amide bonds. The molecule has 0 saturated heterocycles. The predicted octanol–water partition coefficient (Wildman–Crippen LogP) is 2.27. The molecule has 18 heavy (non-hydrogen) atoms. The number of benzene rings is 1. The molecule has 0 fully saturated rings. The van der Waals surface area contributed by atoms with Crippen molar-refractivity contribution in [2.24, 2.45) is 0 Å². The van der Waals surface area contributed by atoms with Crippen molar-refractivity contribution in [3.8, 4) is 12.1 Å². The van der Waals surface area contributed by atoms with Crippen LogP contribution in [0.5, 0.6) is 0 Å². The first-order valence-electron chi connectivity index (χ1n) is 5.30. The van der Waals surface area contributed by atoms with Crippen molar-refractivity contribution in [2.45, 2.75) is 6.92 Å². The van der Waals surface area contributed by atoms with Gasteiger partial charge >= 0.3 is 0 Å². The van der Waals surface area contributed by atoms with Gasteiger partial charge < -0.3 is 4.98 Å². The van der Waals surface area contributed by atoms with Crippen LogP contribution in [0.4, 0.5) is 0 Å². The van der Waals surface area contributed by atoms with Gasteiger partial charge in [0.25, 0.3) is 5.56 Å². The van der Waals surface area contributed by atoms with Crippen molar-refractivity contribution < 1.29 is 0 Å². The summed E-state index contributed by atoms with van der Waals surface area (Å²) >= 11 is 0. The molecule has 4 heteroatoms. The van der Waals surface area contributed by atoms with Crippen LogP contribution in [0.1, 0.15) is 11.1 Å². The molecule has 1 heterocycles. The van der Waals surface area contributed by atoms with Crippen LogP contribution in [-0.2, 0) is 0 Å². The van der Waals surface area contributed by atoms with E-state index < -0.39 is 0 Å². The van der Waals surface area contributed by atoms with E-state index in [-0.39, 0.29) is 11.1 Å². The second-order valence-corrected chi connectivity index (χ2v) is 3.87. The number of hydrogen-bond acceptors (Lipinski definition) is 3. The summed E-state index contributed by atoms with van der Waals surface area (Å²) in [5.41, 5.74) is 1.66. The Morgan fingerprint density at radius 1 is 1.33 bits per heavy atom. The van der Waals surface area contributed by atoms with Crippen LogP contribution in [0.2, 0.25) is 0 Å². The Labute approximate surface area is 103 Å². The van der Waals surface area contributed by atoms with Gasteiger partial charge in [-0.3, -0.25) is 4.79 Å². The molecule has 2 aromatic rings. The van der Waals surface area contributed by atoms with Gasteiger partial charge in [0, 0.05) is 5.56 Å². The molecule has 0 atom stereocenters. The maximum absolute atomic E-state index is 11.8. The van der Waals surface area contributed by atoms with Crippen LogP contribution in [0.15, 0.2) is 34.6 Å². The Hall–Kier alpha value is -2.85. The number of nitriles is 2. The summed E-state index contributed by atoms with van der Waals surface area (Å²) in [5.74, 6) is 0. The Bertz CT molecular complexity index is 769. The van der Waals surface area contributed by atoms with E-state index in [4.69, 9.17) is 10.5 Å². The Kier molecular flexibility index (Phi) is 2.95. The van der Waals surface area contributed by atoms with E-state index in [1.54, 1.807) is 18.2 Å². The predicted molar refractivity (Wildman–Crippen MR) is 68.5 cm³/mol. The number of aromatic nitrogens is 1. The molecule has 86 valence electrons. The topological polar surface area (TPSA) is 80.4 Å². The molecule has 1 N–H and O–H groups in total. The van der Waals surface area contributed by atoms with Crippen LogP contribution in [0.3, 0.4) is 0 Å². The molecule has 0 radical (unpaired) electrons. The number of allylic oxidation sites excluding steroid dienone is 1. The minimum Gasteiger partial charge on any atom is -0.321 e. The molecular weight excluding hydrogens is 226 g/mol. The second kappa shape index (κ2) is 4.57. The standard InChI is InChI=1S/C14H9N3O/c1-9-3-2-4-11-6-12(5-10(7-15)8-16)14(18)17-13(9)11/h2-6H,1H3,(H,17,18). The fraction of sp³-hybridized carbons (Fsp3) is 0.0714. The number of hydrogen-bond donors (Lipinski definition) is 1. The Morgan fingerprint density at radius 3 is 2.72 bits per heavy atom. The van der Waals surface area contributed by atoms with E-state index in [0.717, 1.165) is 16.5 Å². The molecule has 0 aliphatic rings. The van der Waals surface area contributed by atoms with Crippen LogP contribution in [0.25, 0.3) is 17.0 Å². The average Bonchev–Trinajstić information content (AvgIpc) is 2.37. The zero-order valence-corrected chi connectivity index (χ0v) is 9.69. The van der Waals surface area contributed by atoms with E-state index >= 15 is 0 Å². The summed E-state index contributed by atoms with van der Waals surface area (Å²) < 4.78 is 0. The summed E-state index contributed by atoms with van der Waals surface area (Å²) in [6.07, 6.45) is 1.29. The van der Waals surface area contributed by atoms with E-state index in [2.05, 4.69) is 4.98 Å². The minimum atomic E-state index is -0.306. The maximum Gasteiger partial charge on any atom is 0.255 e. The molecule has 0 saturated carbocycles. The first kappa shape index (κ1) is 11.6. The van der Waals surface area contributed by atoms with Gasteiger partial charge in [-0.05, 0) is 30.0 Å². The van der Waals surface area contributed by atoms with Crippen molar-refractivity contribution in [2.75, 3.05) is 0 Å². The largest absolute Gasteiger partial charge is 0.321 e. The molecule has 2 rings (SSSR count). The van der Waals surface area contributed by atoms with Crippen LogP contribution in [-0.4, -0.2) is 4.98 Å². The highest BCUT2D eigenvalue weighted by atomic mass is 16.1. The van der Waals surface area contributed by atoms with Crippen molar-refractivity contribution in [1.29, 1.82) is 10.5 Å². The van der Waals surface area contributed by atoms with E-state index in [1.165, 1.54) is 6.08 Å². The lowest BCUT2D eigenvalue weighted by Gasteiger charge is -2.02. The highest BCUT2D eigenvalue weighted by molar-refractivity contribution is 5.83. The molecule has 0 bridgehead atoms. The number of aryl methyl sites for hydroxylation is 1. The SMILES string of the molecule is Cc1cccc2cc(C=C(C#N)C#N)c(=O)[nH]c12. The average molecular weight is 235 g/mol. The molecular formula is C14H9N3O. The van der Waals surface area contributed by atoms with Gasteiger partial charge in [0.05, 0.1) is 5.52 Å². The van der Waals surface area contributed by atoms with Gasteiger partial charge in [-0.25, -0.2) is 0 Å². The smallest absolute Gasteiger partial charge is 0.255 e. The number of fused-ring (bicyclic) bond motifs is 1. The summed E-state index contributed by atoms with van der Waals surface area (Å²) in [4.78, 5) is 14.6. The number of H-pyrrole nitrogens is 1. The number of aromatic amines is 1. The molecule has 0 aliphatic heterocycles. The molecule has 0 aliphatic carbocycles. The first-order valence-corrected chi connectivity index (χ1v) is 5.30. The van der Waals surface area contributed by atoms with Crippen molar-refractivity contribution in [3.63, 3.8) is 0 Å². The van der Waals surface area contributed by atoms with Crippen LogP contribution in [0, 0.1) is 29.6 Å². The van der Waals surface area contributed by atoms with Gasteiger partial charge in [0.15, 0.2) is 0 Å². The lowest BCUT2D eigenvalue weighted by Crippen LogP contribution is -2.09. The number of nitrogens with zero attached hydrogens (tertiary/aromatic N) is 2. The van der Waals surface area contributed by atoms with Gasteiger partial charge in [-0.15, -0.1) is 0 Å². The summed E-state index contributed by atoms with van der Waals surface area (Å²) in [7, 11) is 0. The summed E-state index contributed by atoms with van der Waals surface area (Å²) in [6.45, 7) is 1.91. The highest BCUT2D eigenvalue weighted by Crippen LogP contribution is 2.15. The van der Waals surface area contributed by atoms with Crippen LogP contribution < -0.4 is 5.56 Å². The normalized spacial score (nSPS) is 9.50. The van der Waals surface area contributed by atoms with Gasteiger partial charge in [-0.2, -0.15) is 10.5 Å². The monoisotopic (exact) mass is 235 g/mol. The number of nitrogens with one attached hydrogen (secondary N) is 1. The Morgan fingerprint density at radius 2 is 2.06 bits per heavy atom. The zero-order chi connectivity index (χ0) is 13.1. The van der Waals surface area contributed by atoms with E-state index in [1.807, 2.05) is 25.1 Å². The second-order valence-electron chi connectivity index (χ2n) is 3.87. The molecule has 4 nitrogen and oxygen atoms in total. The van der Waals surface area contributed by atoms with Crippen molar-refractivity contribution in [3.05, 3.63) is 51.3 Å². The minimum absolute atomic E-state index is 0.0903. The maximum atomic E-state index is 11.8. The van der Waals surface area contributed by atoms with Crippen LogP contribution >= 0.6 is 0 Å². The fourth-order valence-electron chi connectivity index (χ4n) is 1.75. The molecule has 0 unspecified atom stereocenters. The van der Waals surface area contributed by atoms with Gasteiger partial charge in [0.1, 0.15) is 17.7 Å².